The van der Waals surface area contributed by atoms with Crippen molar-refractivity contribution in [2.24, 2.45) is 5.73 Å². The number of nitrogens with two attached hydrogens (primary N) is 1. The summed E-state index contributed by atoms with van der Waals surface area (Å²) in [6.07, 6.45) is 3.98. The molecule has 2 N–H and O–H groups in total. The van der Waals surface area contributed by atoms with Crippen LogP contribution in [-0.4, -0.2) is 43.0 Å². The highest BCUT2D eigenvalue weighted by atomic mass is 32.2. The van der Waals surface area contributed by atoms with E-state index in [1.54, 1.807) is 4.90 Å². The van der Waals surface area contributed by atoms with Crippen LogP contribution in [0.4, 0.5) is 0 Å². The molecule has 1 aromatic carbocycles. The SMILES string of the molecule is CSCCCN(C)C(=O)c1ccc(CCN)cc1. The first-order chi connectivity index (χ1) is 8.69. The van der Waals surface area contributed by atoms with E-state index in [1.165, 1.54) is 5.56 Å². The Kier molecular flexibility index (Phi) is 6.83. The summed E-state index contributed by atoms with van der Waals surface area (Å²) in [6, 6.07) is 7.74. The normalized spacial score (nSPS) is 10.4. The molecule has 0 aromatic heterocycles. The van der Waals surface area contributed by atoms with Crippen LogP contribution in [0.3, 0.4) is 0 Å². The van der Waals surface area contributed by atoms with Gasteiger partial charge in [-0.1, -0.05) is 12.1 Å². The Morgan fingerprint density at radius 2 is 2.00 bits per heavy atom. The van der Waals surface area contributed by atoms with Crippen LogP contribution in [0.1, 0.15) is 22.3 Å². The summed E-state index contributed by atoms with van der Waals surface area (Å²) in [4.78, 5) is 13.9. The first-order valence-corrected chi connectivity index (χ1v) is 7.62. The zero-order chi connectivity index (χ0) is 13.4. The van der Waals surface area contributed by atoms with E-state index in [-0.39, 0.29) is 5.91 Å². The van der Waals surface area contributed by atoms with E-state index in [0.29, 0.717) is 6.54 Å². The predicted octanol–water partition coefficient (Wildman–Crippen LogP) is 2.01. The van der Waals surface area contributed by atoms with E-state index >= 15 is 0 Å². The molecule has 4 heteroatoms. The van der Waals surface area contributed by atoms with Crippen LogP contribution in [0.2, 0.25) is 0 Å². The molecule has 0 spiro atoms. The van der Waals surface area contributed by atoms with Gasteiger partial charge in [0.2, 0.25) is 0 Å². The van der Waals surface area contributed by atoms with Crippen LogP contribution in [-0.2, 0) is 6.42 Å². The largest absolute Gasteiger partial charge is 0.342 e. The monoisotopic (exact) mass is 266 g/mol. The van der Waals surface area contributed by atoms with E-state index in [0.717, 1.165) is 30.7 Å². The number of nitrogens with zero attached hydrogens (tertiary/aromatic N) is 1. The molecular weight excluding hydrogens is 244 g/mol. The van der Waals surface area contributed by atoms with Crippen LogP contribution < -0.4 is 5.73 Å². The summed E-state index contributed by atoms with van der Waals surface area (Å²) in [7, 11) is 1.86. The van der Waals surface area contributed by atoms with Crippen LogP contribution in [0, 0.1) is 0 Å². The Morgan fingerprint density at radius 1 is 1.33 bits per heavy atom. The summed E-state index contributed by atoms with van der Waals surface area (Å²) >= 11 is 1.81. The first kappa shape index (κ1) is 15.1. The van der Waals surface area contributed by atoms with Crippen molar-refractivity contribution in [1.82, 2.24) is 4.90 Å². The van der Waals surface area contributed by atoms with E-state index in [4.69, 9.17) is 5.73 Å². The molecule has 18 heavy (non-hydrogen) atoms. The van der Waals surface area contributed by atoms with Crippen molar-refractivity contribution in [3.63, 3.8) is 0 Å². The summed E-state index contributed by atoms with van der Waals surface area (Å²) in [5.41, 5.74) is 7.43. The number of thioether (sulfide) groups is 1. The minimum Gasteiger partial charge on any atom is -0.342 e. The Balaban J connectivity index is 2.54. The second-order valence-corrected chi connectivity index (χ2v) is 5.29. The fourth-order valence-electron chi connectivity index (χ4n) is 1.75. The van der Waals surface area contributed by atoms with Gasteiger partial charge in [0.1, 0.15) is 0 Å². The topological polar surface area (TPSA) is 46.3 Å². The number of carbonyl (C=O) groups excluding carboxylic acids is 1. The van der Waals surface area contributed by atoms with Crippen LogP contribution in [0.5, 0.6) is 0 Å². The molecule has 0 saturated carbocycles. The lowest BCUT2D eigenvalue weighted by molar-refractivity contribution is 0.0795. The Bertz CT molecular complexity index is 365. The van der Waals surface area contributed by atoms with E-state index < -0.39 is 0 Å². The Labute approximate surface area is 114 Å². The van der Waals surface area contributed by atoms with Crippen molar-refractivity contribution in [1.29, 1.82) is 0 Å². The minimum atomic E-state index is 0.0930. The molecule has 1 rings (SSSR count). The average Bonchev–Trinajstić information content (AvgIpc) is 2.39. The number of hydrogen-bond donors (Lipinski definition) is 1. The summed E-state index contributed by atoms with van der Waals surface area (Å²) in [6.45, 7) is 1.45. The van der Waals surface area contributed by atoms with E-state index in [2.05, 4.69) is 6.26 Å². The third kappa shape index (κ3) is 4.70. The number of carbonyl (C=O) groups is 1. The molecule has 0 bridgehead atoms. The molecule has 0 heterocycles. The van der Waals surface area contributed by atoms with E-state index in [9.17, 15) is 4.79 Å². The second-order valence-electron chi connectivity index (χ2n) is 4.31. The number of benzene rings is 1. The van der Waals surface area contributed by atoms with Crippen molar-refractivity contribution < 1.29 is 4.79 Å². The summed E-state index contributed by atoms with van der Waals surface area (Å²) in [5.74, 6) is 1.18. The molecular formula is C14H22N2OS. The van der Waals surface area contributed by atoms with Crippen LogP contribution >= 0.6 is 11.8 Å². The van der Waals surface area contributed by atoms with Crippen molar-refractivity contribution in [2.45, 2.75) is 12.8 Å². The third-order valence-corrected chi connectivity index (χ3v) is 3.52. The molecule has 100 valence electrons. The van der Waals surface area contributed by atoms with Gasteiger partial charge in [0, 0.05) is 19.2 Å². The summed E-state index contributed by atoms with van der Waals surface area (Å²) < 4.78 is 0. The van der Waals surface area contributed by atoms with Crippen molar-refractivity contribution in [3.05, 3.63) is 35.4 Å². The predicted molar refractivity (Wildman–Crippen MR) is 79.2 cm³/mol. The third-order valence-electron chi connectivity index (χ3n) is 2.82. The smallest absolute Gasteiger partial charge is 0.253 e. The van der Waals surface area contributed by atoms with Gasteiger partial charge in [-0.25, -0.2) is 0 Å². The molecule has 0 radical (unpaired) electrons. The van der Waals surface area contributed by atoms with Gasteiger partial charge in [-0.2, -0.15) is 11.8 Å². The van der Waals surface area contributed by atoms with Crippen molar-refractivity contribution >= 4 is 17.7 Å². The van der Waals surface area contributed by atoms with Gasteiger partial charge in [0.15, 0.2) is 0 Å². The first-order valence-electron chi connectivity index (χ1n) is 6.22. The van der Waals surface area contributed by atoms with Crippen LogP contribution in [0.25, 0.3) is 0 Å². The quantitative estimate of drug-likeness (QED) is 0.768. The zero-order valence-corrected chi connectivity index (χ0v) is 12.0. The van der Waals surface area contributed by atoms with Gasteiger partial charge in [-0.15, -0.1) is 0 Å². The highest BCUT2D eigenvalue weighted by molar-refractivity contribution is 7.98. The lowest BCUT2D eigenvalue weighted by Crippen LogP contribution is -2.28. The van der Waals surface area contributed by atoms with Gasteiger partial charge in [0.25, 0.3) is 5.91 Å². The van der Waals surface area contributed by atoms with Crippen molar-refractivity contribution in [2.75, 3.05) is 32.1 Å². The second kappa shape index (κ2) is 8.16. The number of hydrogen-bond acceptors (Lipinski definition) is 3. The van der Waals surface area contributed by atoms with Crippen LogP contribution in [0.15, 0.2) is 24.3 Å². The zero-order valence-electron chi connectivity index (χ0n) is 11.2. The van der Waals surface area contributed by atoms with E-state index in [1.807, 2.05) is 43.1 Å². The van der Waals surface area contributed by atoms with Gasteiger partial charge >= 0.3 is 0 Å². The molecule has 0 saturated heterocycles. The molecule has 0 atom stereocenters. The fourth-order valence-corrected chi connectivity index (χ4v) is 2.17. The lowest BCUT2D eigenvalue weighted by Gasteiger charge is -2.17. The Morgan fingerprint density at radius 3 is 2.56 bits per heavy atom. The highest BCUT2D eigenvalue weighted by Crippen LogP contribution is 2.08. The molecule has 1 aromatic rings. The minimum absolute atomic E-state index is 0.0930. The molecule has 3 nitrogen and oxygen atoms in total. The molecule has 0 aliphatic carbocycles. The van der Waals surface area contributed by atoms with Gasteiger partial charge in [0.05, 0.1) is 0 Å². The molecule has 0 fully saturated rings. The van der Waals surface area contributed by atoms with Crippen molar-refractivity contribution in [3.8, 4) is 0 Å². The number of rotatable bonds is 7. The molecule has 0 aliphatic heterocycles. The van der Waals surface area contributed by atoms with Gasteiger partial charge in [-0.05, 0) is 49.1 Å². The standard InChI is InChI=1S/C14H22N2OS/c1-16(10-3-11-18-2)14(17)13-6-4-12(5-7-13)8-9-15/h4-7H,3,8-11,15H2,1-2H3. The Hall–Kier alpha value is -1.00. The highest BCUT2D eigenvalue weighted by Gasteiger charge is 2.10. The molecule has 0 aliphatic rings. The number of amides is 1. The molecule has 0 unspecified atom stereocenters. The van der Waals surface area contributed by atoms with Gasteiger partial charge < -0.3 is 10.6 Å². The average molecular weight is 266 g/mol. The maximum atomic E-state index is 12.1. The summed E-state index contributed by atoms with van der Waals surface area (Å²) in [5, 5.41) is 0. The maximum Gasteiger partial charge on any atom is 0.253 e. The fraction of sp³-hybridized carbons (Fsp3) is 0.500. The maximum absolute atomic E-state index is 12.1. The molecule has 1 amide bonds. The van der Waals surface area contributed by atoms with Gasteiger partial charge in [-0.3, -0.25) is 4.79 Å². The lowest BCUT2D eigenvalue weighted by atomic mass is 10.1.